The summed E-state index contributed by atoms with van der Waals surface area (Å²) in [5, 5.41) is 1.76. The zero-order chi connectivity index (χ0) is 28.4. The number of anilines is 1. The van der Waals surface area contributed by atoms with E-state index in [0.717, 1.165) is 48.2 Å². The van der Waals surface area contributed by atoms with Crippen LogP contribution in [0.25, 0.3) is 0 Å². The summed E-state index contributed by atoms with van der Waals surface area (Å²) in [4.78, 5) is 26.5. The molecule has 1 aliphatic rings. The quantitative estimate of drug-likeness (QED) is 0.284. The first-order valence-electron chi connectivity index (χ1n) is 12.0. The predicted molar refractivity (Wildman–Crippen MR) is 134 cm³/mol. The number of hydrogen-bond donors (Lipinski definition) is 1. The lowest BCUT2D eigenvalue weighted by Crippen LogP contribution is -2.35. The third-order valence-corrected chi connectivity index (χ3v) is 6.57. The largest absolute Gasteiger partial charge is 0.471 e. The highest BCUT2D eigenvalue weighted by Gasteiger charge is 2.39. The first-order chi connectivity index (χ1) is 18.3. The molecule has 0 heterocycles. The average molecular weight is 569 g/mol. The molecule has 0 aliphatic heterocycles. The van der Waals surface area contributed by atoms with Crippen LogP contribution >= 0.6 is 11.6 Å². The summed E-state index contributed by atoms with van der Waals surface area (Å²) in [7, 11) is 0. The molecule has 1 aliphatic carbocycles. The van der Waals surface area contributed by atoms with Gasteiger partial charge in [-0.25, -0.2) is 0 Å². The molecule has 0 spiro atoms. The SMILES string of the molecule is O=C(c1cc(Cl)ccc1NC(=O)C(F)(F)F)N(CCc1cccc(C(F)(F)F)c1)Cc1ccc(C2CC2)cc1. The molecule has 4 nitrogen and oxygen atoms in total. The van der Waals surface area contributed by atoms with E-state index in [9.17, 15) is 35.9 Å². The van der Waals surface area contributed by atoms with Crippen molar-refractivity contribution in [3.63, 3.8) is 0 Å². The van der Waals surface area contributed by atoms with E-state index in [1.807, 2.05) is 24.3 Å². The Kier molecular flexibility index (Phi) is 8.25. The second kappa shape index (κ2) is 11.3. The van der Waals surface area contributed by atoms with Crippen LogP contribution in [0.5, 0.6) is 0 Å². The van der Waals surface area contributed by atoms with Crippen LogP contribution in [0.2, 0.25) is 5.02 Å². The topological polar surface area (TPSA) is 49.4 Å². The Morgan fingerprint density at radius 3 is 2.21 bits per heavy atom. The minimum atomic E-state index is -5.19. The molecule has 4 rings (SSSR count). The number of carbonyl (C=O) groups is 2. The molecule has 1 fully saturated rings. The Morgan fingerprint density at radius 1 is 0.897 bits per heavy atom. The maximum Gasteiger partial charge on any atom is 0.471 e. The number of benzene rings is 3. The Balaban J connectivity index is 1.62. The molecule has 0 unspecified atom stereocenters. The number of rotatable bonds is 8. The standard InChI is InChI=1S/C28H23ClF6N2O2/c29-22-10-11-24(36-26(39)28(33,34)35)23(15-22)25(38)37(16-18-4-6-19(7-5-18)20-8-9-20)13-12-17-2-1-3-21(14-17)27(30,31)32/h1-7,10-11,14-15,20H,8-9,12-13,16H2,(H,36,39). The van der Waals surface area contributed by atoms with E-state index in [4.69, 9.17) is 11.6 Å². The fraction of sp³-hybridized carbons (Fsp3) is 0.286. The maximum absolute atomic E-state index is 13.6. The van der Waals surface area contributed by atoms with Gasteiger partial charge >= 0.3 is 18.3 Å². The summed E-state index contributed by atoms with van der Waals surface area (Å²) in [5.41, 5.74) is 0.704. The number of alkyl halides is 6. The van der Waals surface area contributed by atoms with Crippen LogP contribution in [-0.4, -0.2) is 29.4 Å². The average Bonchev–Trinajstić information content (AvgIpc) is 3.72. The normalized spacial score (nSPS) is 13.7. The summed E-state index contributed by atoms with van der Waals surface area (Å²) in [5.74, 6) is -2.50. The van der Waals surface area contributed by atoms with Crippen molar-refractivity contribution in [3.8, 4) is 0 Å². The summed E-state index contributed by atoms with van der Waals surface area (Å²) < 4.78 is 78.2. The molecule has 11 heteroatoms. The maximum atomic E-state index is 13.6. The number of carbonyl (C=O) groups excluding carboxylic acids is 2. The van der Waals surface area contributed by atoms with Crippen molar-refractivity contribution in [1.29, 1.82) is 0 Å². The van der Waals surface area contributed by atoms with Crippen LogP contribution in [-0.2, 0) is 23.9 Å². The summed E-state index contributed by atoms with van der Waals surface area (Å²) in [6, 6.07) is 15.7. The fourth-order valence-electron chi connectivity index (χ4n) is 4.12. The Bertz CT molecular complexity index is 1350. The van der Waals surface area contributed by atoms with Gasteiger partial charge in [-0.05, 0) is 66.1 Å². The van der Waals surface area contributed by atoms with E-state index in [-0.39, 0.29) is 35.8 Å². The third kappa shape index (κ3) is 7.53. The minimum Gasteiger partial charge on any atom is -0.334 e. The number of nitrogens with one attached hydrogen (secondary N) is 1. The van der Waals surface area contributed by atoms with Crippen molar-refractivity contribution >= 4 is 29.1 Å². The lowest BCUT2D eigenvalue weighted by molar-refractivity contribution is -0.167. The Morgan fingerprint density at radius 2 is 1.59 bits per heavy atom. The van der Waals surface area contributed by atoms with Crippen LogP contribution in [0.1, 0.15) is 51.4 Å². The summed E-state index contributed by atoms with van der Waals surface area (Å²) >= 11 is 6.03. The molecule has 0 saturated heterocycles. The third-order valence-electron chi connectivity index (χ3n) is 6.33. The molecule has 0 bridgehead atoms. The van der Waals surface area contributed by atoms with Crippen molar-refractivity contribution in [2.45, 2.75) is 44.1 Å². The van der Waals surface area contributed by atoms with Gasteiger partial charge in [-0.2, -0.15) is 26.3 Å². The first kappa shape index (κ1) is 28.5. The fourth-order valence-corrected chi connectivity index (χ4v) is 4.29. The van der Waals surface area contributed by atoms with Gasteiger partial charge in [0.25, 0.3) is 5.91 Å². The molecule has 0 radical (unpaired) electrons. The second-order valence-electron chi connectivity index (χ2n) is 9.33. The number of halogens is 7. The van der Waals surface area contributed by atoms with Crippen molar-refractivity contribution in [2.24, 2.45) is 0 Å². The molecule has 39 heavy (non-hydrogen) atoms. The van der Waals surface area contributed by atoms with E-state index in [0.29, 0.717) is 11.5 Å². The Labute approximate surface area is 225 Å². The number of hydrogen-bond acceptors (Lipinski definition) is 2. The lowest BCUT2D eigenvalue weighted by atomic mass is 10.0. The molecule has 0 atom stereocenters. The zero-order valence-electron chi connectivity index (χ0n) is 20.4. The highest BCUT2D eigenvalue weighted by atomic mass is 35.5. The molecule has 1 N–H and O–H groups in total. The first-order valence-corrected chi connectivity index (χ1v) is 12.4. The monoisotopic (exact) mass is 568 g/mol. The van der Waals surface area contributed by atoms with Gasteiger partial charge in [0, 0.05) is 18.1 Å². The number of amides is 2. The molecule has 1 saturated carbocycles. The van der Waals surface area contributed by atoms with Gasteiger partial charge in [-0.15, -0.1) is 0 Å². The van der Waals surface area contributed by atoms with Crippen LogP contribution < -0.4 is 5.32 Å². The van der Waals surface area contributed by atoms with Crippen molar-refractivity contribution in [3.05, 3.63) is 99.6 Å². The second-order valence-corrected chi connectivity index (χ2v) is 9.77. The van der Waals surface area contributed by atoms with Gasteiger partial charge in [0.2, 0.25) is 0 Å². The van der Waals surface area contributed by atoms with Crippen molar-refractivity contribution in [1.82, 2.24) is 4.90 Å². The molecule has 2 amide bonds. The molecule has 0 aromatic heterocycles. The van der Waals surface area contributed by atoms with Gasteiger partial charge in [0.1, 0.15) is 0 Å². The van der Waals surface area contributed by atoms with E-state index < -0.39 is 29.7 Å². The highest BCUT2D eigenvalue weighted by molar-refractivity contribution is 6.31. The molecule has 206 valence electrons. The van der Waals surface area contributed by atoms with Gasteiger partial charge in [0.05, 0.1) is 16.8 Å². The van der Waals surface area contributed by atoms with Gasteiger partial charge in [-0.1, -0.05) is 54.1 Å². The van der Waals surface area contributed by atoms with E-state index in [1.165, 1.54) is 23.1 Å². The van der Waals surface area contributed by atoms with Gasteiger partial charge in [0.15, 0.2) is 0 Å². The van der Waals surface area contributed by atoms with Gasteiger partial charge in [-0.3, -0.25) is 9.59 Å². The van der Waals surface area contributed by atoms with E-state index >= 15 is 0 Å². The minimum absolute atomic E-state index is 0.0297. The Hall–Kier alpha value is -3.53. The van der Waals surface area contributed by atoms with Crippen LogP contribution in [0, 0.1) is 0 Å². The van der Waals surface area contributed by atoms with Crippen molar-refractivity contribution < 1.29 is 35.9 Å². The molecule has 3 aromatic rings. The molecular formula is C28H23ClF6N2O2. The zero-order valence-corrected chi connectivity index (χ0v) is 21.1. The predicted octanol–water partition coefficient (Wildman–Crippen LogP) is 7.62. The van der Waals surface area contributed by atoms with Crippen LogP contribution in [0.3, 0.4) is 0 Å². The van der Waals surface area contributed by atoms with Crippen LogP contribution in [0.4, 0.5) is 32.0 Å². The smallest absolute Gasteiger partial charge is 0.334 e. The van der Waals surface area contributed by atoms with Crippen LogP contribution in [0.15, 0.2) is 66.7 Å². The molecule has 3 aromatic carbocycles. The van der Waals surface area contributed by atoms with Gasteiger partial charge < -0.3 is 10.2 Å². The number of nitrogens with zero attached hydrogens (tertiary/aromatic N) is 1. The lowest BCUT2D eigenvalue weighted by Gasteiger charge is -2.25. The highest BCUT2D eigenvalue weighted by Crippen LogP contribution is 2.40. The summed E-state index contributed by atoms with van der Waals surface area (Å²) in [6.07, 6.45) is -7.49. The van der Waals surface area contributed by atoms with E-state index in [2.05, 4.69) is 0 Å². The van der Waals surface area contributed by atoms with E-state index in [1.54, 1.807) is 5.32 Å². The molecular weight excluding hydrogens is 546 g/mol. The van der Waals surface area contributed by atoms with Crippen molar-refractivity contribution in [2.75, 3.05) is 11.9 Å². The summed E-state index contributed by atoms with van der Waals surface area (Å²) in [6.45, 7) is -0.0222.